The van der Waals surface area contributed by atoms with E-state index in [0.29, 0.717) is 0 Å². The number of hydrogen-bond donors (Lipinski definition) is 11. The minimum Gasteiger partial charge on any atom is -0.479 e. The number of nitrogens with one attached hydrogen (secondary N) is 2. The topological polar surface area (TPSA) is 303 Å². The zero-order chi connectivity index (χ0) is 30.8. The normalized spacial score (nSPS) is 45.1. The highest BCUT2D eigenvalue weighted by Crippen LogP contribution is 2.32. The Labute approximate surface area is 232 Å². The van der Waals surface area contributed by atoms with Crippen molar-refractivity contribution in [3.63, 3.8) is 0 Å². The first-order chi connectivity index (χ1) is 19.2. The molecule has 0 aliphatic carbocycles. The molecule has 11 N–H and O–H groups in total. The molecule has 0 spiro atoms. The number of rotatable bonds is 9. The molecule has 2 amide bonds. The van der Waals surface area contributed by atoms with E-state index in [2.05, 4.69) is 10.6 Å². The van der Waals surface area contributed by atoms with Gasteiger partial charge in [0.15, 0.2) is 25.0 Å². The molecule has 41 heavy (non-hydrogen) atoms. The molecular formula is C22H36N2O17. The summed E-state index contributed by atoms with van der Waals surface area (Å²) in [5.74, 6) is -3.16. The number of aliphatic hydroxyl groups is 8. The van der Waals surface area contributed by atoms with Crippen molar-refractivity contribution in [2.24, 2.45) is 0 Å². The van der Waals surface area contributed by atoms with E-state index in [1.54, 1.807) is 0 Å². The van der Waals surface area contributed by atoms with E-state index in [-0.39, 0.29) is 0 Å². The fourth-order valence-electron chi connectivity index (χ4n) is 4.83. The summed E-state index contributed by atoms with van der Waals surface area (Å²) in [4.78, 5) is 35.5. The summed E-state index contributed by atoms with van der Waals surface area (Å²) in [6.07, 6.45) is -23.7. The lowest BCUT2D eigenvalue weighted by Crippen LogP contribution is -2.69. The number of ether oxygens (including phenoxy) is 5. The van der Waals surface area contributed by atoms with Crippen LogP contribution in [0.4, 0.5) is 0 Å². The smallest absolute Gasteiger partial charge is 0.335 e. The number of carboxylic acids is 1. The van der Waals surface area contributed by atoms with Crippen LogP contribution in [0.5, 0.6) is 0 Å². The van der Waals surface area contributed by atoms with Crippen LogP contribution in [0, 0.1) is 0 Å². The standard InChI is InChI=1S/C22H36N2O17/c1-5(27)23-9-13(31)11(29)7(3-25)38-21(9)40-17-14(32)15(33)22(41-18(17)19(34)35)39-16-10(24-6(2)28)20(36)37-8(4-26)12(16)30/h7-18,20-22,25-26,29-33,36H,3-4H2,1-2H3,(H,23,27)(H,24,28)(H,34,35)/t7-,8-,9-,10-,11+,12-,13-,14-,15-,16-,17+,18+,20-,21-,22-/m1/s1. The van der Waals surface area contributed by atoms with Gasteiger partial charge in [-0.25, -0.2) is 4.79 Å². The van der Waals surface area contributed by atoms with Gasteiger partial charge in [-0.05, 0) is 0 Å². The molecule has 0 aromatic rings. The monoisotopic (exact) mass is 600 g/mol. The van der Waals surface area contributed by atoms with Gasteiger partial charge in [-0.3, -0.25) is 9.59 Å². The molecule has 3 aliphatic heterocycles. The molecule has 3 aliphatic rings. The van der Waals surface area contributed by atoms with Crippen molar-refractivity contribution in [2.75, 3.05) is 13.2 Å². The summed E-state index contributed by atoms with van der Waals surface area (Å²) in [5, 5.41) is 96.5. The van der Waals surface area contributed by atoms with Crippen LogP contribution >= 0.6 is 0 Å². The first kappa shape index (κ1) is 33.4. The van der Waals surface area contributed by atoms with Crippen molar-refractivity contribution in [1.82, 2.24) is 10.6 Å². The maximum Gasteiger partial charge on any atom is 0.335 e. The van der Waals surface area contributed by atoms with Crippen LogP contribution in [0.3, 0.4) is 0 Å². The molecule has 3 saturated heterocycles. The Kier molecular flexibility index (Phi) is 11.3. The molecular weight excluding hydrogens is 564 g/mol. The largest absolute Gasteiger partial charge is 0.479 e. The fraction of sp³-hybridized carbons (Fsp3) is 0.864. The molecule has 0 saturated carbocycles. The van der Waals surface area contributed by atoms with Gasteiger partial charge in [0.1, 0.15) is 67.0 Å². The lowest BCUT2D eigenvalue weighted by Gasteiger charge is -2.48. The van der Waals surface area contributed by atoms with E-state index >= 15 is 0 Å². The molecule has 19 nitrogen and oxygen atoms in total. The zero-order valence-corrected chi connectivity index (χ0v) is 21.9. The Balaban J connectivity index is 1.86. The Hall–Kier alpha value is -2.11. The number of aliphatic hydroxyl groups excluding tert-OH is 8. The summed E-state index contributed by atoms with van der Waals surface area (Å²) in [6, 6.07) is -3.02. The van der Waals surface area contributed by atoms with E-state index in [0.717, 1.165) is 13.8 Å². The Morgan fingerprint density at radius 2 is 1.20 bits per heavy atom. The maximum atomic E-state index is 12.1. The van der Waals surface area contributed by atoms with Crippen LogP contribution in [0.25, 0.3) is 0 Å². The van der Waals surface area contributed by atoms with Gasteiger partial charge < -0.3 is 80.3 Å². The summed E-state index contributed by atoms with van der Waals surface area (Å²) in [5.41, 5.74) is 0. The minimum atomic E-state index is -2.14. The molecule has 0 aromatic carbocycles. The van der Waals surface area contributed by atoms with Crippen molar-refractivity contribution < 1.29 is 84.0 Å². The van der Waals surface area contributed by atoms with Crippen molar-refractivity contribution >= 4 is 17.8 Å². The lowest BCUT2D eigenvalue weighted by molar-refractivity contribution is -0.359. The molecule has 3 rings (SSSR count). The molecule has 236 valence electrons. The van der Waals surface area contributed by atoms with Crippen LogP contribution in [-0.2, 0) is 38.1 Å². The number of hydrogen-bond acceptors (Lipinski definition) is 16. The average molecular weight is 601 g/mol. The number of aliphatic carboxylic acids is 1. The number of carbonyl (C=O) groups is 3. The molecule has 0 unspecified atom stereocenters. The Morgan fingerprint density at radius 1 is 0.659 bits per heavy atom. The second kappa shape index (κ2) is 13.9. The molecule has 3 fully saturated rings. The summed E-state index contributed by atoms with van der Waals surface area (Å²) < 4.78 is 26.9. The highest BCUT2D eigenvalue weighted by Gasteiger charge is 2.55. The van der Waals surface area contributed by atoms with Crippen molar-refractivity contribution in [1.29, 1.82) is 0 Å². The maximum absolute atomic E-state index is 12.1. The van der Waals surface area contributed by atoms with Crippen LogP contribution in [0.15, 0.2) is 0 Å². The second-order valence-electron chi connectivity index (χ2n) is 9.84. The van der Waals surface area contributed by atoms with Crippen molar-refractivity contribution in [3.05, 3.63) is 0 Å². The SMILES string of the molecule is CC(=O)N[C@@H]1[C@@H](O[C@@H]2O[C@H](C(=O)O)[C@@H](O[C@H]3O[C@H](CO)[C@H](O)[C@H](O)[C@H]3NC(C)=O)[C@H](O)[C@H]2O)[C@H](O)[C@@H](CO)O[C@H]1O. The van der Waals surface area contributed by atoms with Crippen molar-refractivity contribution in [2.45, 2.75) is 106 Å². The second-order valence-corrected chi connectivity index (χ2v) is 9.84. The number of carboxylic acid groups (broad SMARTS) is 1. The van der Waals surface area contributed by atoms with E-state index in [1.807, 2.05) is 0 Å². The average Bonchev–Trinajstić information content (AvgIpc) is 2.90. The fourth-order valence-corrected chi connectivity index (χ4v) is 4.83. The molecule has 0 bridgehead atoms. The third-order valence-corrected chi connectivity index (χ3v) is 6.86. The van der Waals surface area contributed by atoms with Gasteiger partial charge in [0.05, 0.1) is 13.2 Å². The lowest BCUT2D eigenvalue weighted by atomic mass is 9.94. The number of carbonyl (C=O) groups excluding carboxylic acids is 2. The quantitative estimate of drug-likeness (QED) is 0.117. The van der Waals surface area contributed by atoms with Gasteiger partial charge >= 0.3 is 5.97 Å². The van der Waals surface area contributed by atoms with Gasteiger partial charge in [-0.15, -0.1) is 0 Å². The highest BCUT2D eigenvalue weighted by atomic mass is 16.7. The van der Waals surface area contributed by atoms with Crippen molar-refractivity contribution in [3.8, 4) is 0 Å². The Bertz CT molecular complexity index is 927. The zero-order valence-electron chi connectivity index (χ0n) is 21.9. The summed E-state index contributed by atoms with van der Waals surface area (Å²) >= 11 is 0. The van der Waals surface area contributed by atoms with Gasteiger partial charge in [-0.2, -0.15) is 0 Å². The van der Waals surface area contributed by atoms with Gasteiger partial charge in [0.25, 0.3) is 0 Å². The molecule has 0 aromatic heterocycles. The van der Waals surface area contributed by atoms with Crippen LogP contribution in [-0.4, -0.2) is 169 Å². The molecule has 19 heteroatoms. The van der Waals surface area contributed by atoms with E-state index < -0.39 is 123 Å². The first-order valence-corrected chi connectivity index (χ1v) is 12.6. The molecule has 3 heterocycles. The van der Waals surface area contributed by atoms with E-state index in [9.17, 15) is 60.3 Å². The minimum absolute atomic E-state index is 0.697. The Morgan fingerprint density at radius 3 is 1.73 bits per heavy atom. The summed E-state index contributed by atoms with van der Waals surface area (Å²) in [7, 11) is 0. The first-order valence-electron chi connectivity index (χ1n) is 12.6. The van der Waals surface area contributed by atoms with Crippen LogP contribution in [0.2, 0.25) is 0 Å². The van der Waals surface area contributed by atoms with Crippen LogP contribution < -0.4 is 10.6 Å². The third-order valence-electron chi connectivity index (χ3n) is 6.86. The predicted octanol–water partition coefficient (Wildman–Crippen LogP) is -7.19. The third kappa shape index (κ3) is 7.28. The summed E-state index contributed by atoms with van der Waals surface area (Å²) in [6.45, 7) is 0.516. The predicted molar refractivity (Wildman–Crippen MR) is 125 cm³/mol. The van der Waals surface area contributed by atoms with Gasteiger partial charge in [0, 0.05) is 13.8 Å². The highest BCUT2D eigenvalue weighted by molar-refractivity contribution is 5.74. The van der Waals surface area contributed by atoms with Crippen LogP contribution in [0.1, 0.15) is 13.8 Å². The van der Waals surface area contributed by atoms with Gasteiger partial charge in [-0.1, -0.05) is 0 Å². The molecule has 15 atom stereocenters. The molecule has 0 radical (unpaired) electrons. The van der Waals surface area contributed by atoms with E-state index in [4.69, 9.17) is 23.7 Å². The number of amides is 2. The van der Waals surface area contributed by atoms with Gasteiger partial charge in [0.2, 0.25) is 11.8 Å². The van der Waals surface area contributed by atoms with E-state index in [1.165, 1.54) is 0 Å².